The fourth-order valence-electron chi connectivity index (χ4n) is 8.89. The Bertz CT molecular complexity index is 2280. The molecule has 37 heteroatoms. The lowest BCUT2D eigenvalue weighted by Crippen LogP contribution is -2.67. The van der Waals surface area contributed by atoms with Gasteiger partial charge in [0, 0.05) is 122 Å². The molecule has 0 aliphatic carbocycles. The highest BCUT2D eigenvalue weighted by molar-refractivity contribution is 7.80. The quantitative estimate of drug-likeness (QED) is 0.0270. The second-order valence-corrected chi connectivity index (χ2v) is 20.6. The molecule has 3 rings (SSSR count). The number of esters is 12. The highest BCUT2D eigenvalue weighted by atomic mass is 32.1. The monoisotopic (exact) mass is 1310 g/mol. The van der Waals surface area contributed by atoms with Crippen LogP contribution in [0.3, 0.4) is 0 Å². The van der Waals surface area contributed by atoms with E-state index in [0.717, 1.165) is 83.1 Å². The number of carbonyl (C=O) groups is 12. The van der Waals surface area contributed by atoms with Crippen LogP contribution in [0, 0.1) is 0 Å². The van der Waals surface area contributed by atoms with E-state index < -0.39 is 183 Å². The van der Waals surface area contributed by atoms with E-state index in [1.807, 2.05) is 4.90 Å². The maximum atomic E-state index is 12.5. The second-order valence-electron chi connectivity index (χ2n) is 19.4. The van der Waals surface area contributed by atoms with E-state index in [1.54, 1.807) is 0 Å². The van der Waals surface area contributed by atoms with Gasteiger partial charge in [-0.05, 0) is 36.7 Å². The summed E-state index contributed by atoms with van der Waals surface area (Å²) in [6.07, 6.45) is -21.5. The molecule has 3 aliphatic heterocycles. The minimum absolute atomic E-state index is 0.0397. The van der Waals surface area contributed by atoms with Crippen molar-refractivity contribution in [1.29, 1.82) is 0 Å². The third kappa shape index (κ3) is 26.5. The molecule has 0 aromatic carbocycles. The molecule has 0 spiro atoms. The predicted octanol–water partition coefficient (Wildman–Crippen LogP) is -3.07. The van der Waals surface area contributed by atoms with Crippen LogP contribution in [0.5, 0.6) is 0 Å². The summed E-state index contributed by atoms with van der Waals surface area (Å²) in [6, 6.07) is 0. The van der Waals surface area contributed by atoms with Crippen LogP contribution in [0.25, 0.3) is 0 Å². The van der Waals surface area contributed by atoms with Gasteiger partial charge in [0.25, 0.3) is 0 Å². The Labute approximate surface area is 521 Å². The Morgan fingerprint density at radius 1 is 0.307 bits per heavy atom. The molecule has 0 amide bonds. The average molecular weight is 1310 g/mol. The molecule has 0 radical (unpaired) electrons. The zero-order chi connectivity index (χ0) is 66.1. The lowest BCUT2D eigenvalue weighted by Gasteiger charge is -2.44. The molecule has 0 bridgehead atoms. The third-order valence-corrected chi connectivity index (χ3v) is 12.7. The first-order valence-electron chi connectivity index (χ1n) is 27.0. The fourth-order valence-corrected chi connectivity index (χ4v) is 9.55. The molecule has 3 fully saturated rings. The SMILES string of the molecule is CC(=O)OC[C@H]1O[C@@H](NC(=S)NCCN(CCNC(=S)N[C@@H]2O[C@H](COC(C)=O)[C@@H](OC(C)=O)[C@H](OC(C)=O)[C@H]2OC(C)=O)CCNC(=S)N[C@@H]2O[C@H](COC(C)=O)[C@@H](OC(C)=O)[C@H](OC(C)=O)[C@H]2OC(C)=O)[C@H](OC(C)=O)[C@@H](OC(C)=O)[C@@H]1OC(C)=O. The average Bonchev–Trinajstić information content (AvgIpc) is 2.35. The number of nitrogens with zero attached hydrogens (tertiary/aromatic N) is 1. The van der Waals surface area contributed by atoms with Gasteiger partial charge >= 0.3 is 71.6 Å². The van der Waals surface area contributed by atoms with Gasteiger partial charge in [0.1, 0.15) is 38.1 Å². The summed E-state index contributed by atoms with van der Waals surface area (Å²) < 4.78 is 83.2. The number of thiocarbonyl (C=S) groups is 3. The number of hydrogen-bond donors (Lipinski definition) is 6. The Morgan fingerprint density at radius 2 is 0.500 bits per heavy atom. The molecule has 494 valence electrons. The van der Waals surface area contributed by atoms with Crippen molar-refractivity contribution in [3.8, 4) is 0 Å². The van der Waals surface area contributed by atoms with E-state index >= 15 is 0 Å². The van der Waals surface area contributed by atoms with Crippen LogP contribution in [-0.4, -0.2) is 243 Å². The minimum atomic E-state index is -1.50. The Hall–Kier alpha value is -7.45. The van der Waals surface area contributed by atoms with Crippen LogP contribution in [-0.2, 0) is 129 Å². The van der Waals surface area contributed by atoms with Crippen molar-refractivity contribution in [1.82, 2.24) is 36.8 Å². The van der Waals surface area contributed by atoms with Crippen LogP contribution in [0.15, 0.2) is 0 Å². The highest BCUT2D eigenvalue weighted by Gasteiger charge is 2.55. The zero-order valence-corrected chi connectivity index (χ0v) is 52.7. The lowest BCUT2D eigenvalue weighted by molar-refractivity contribution is -0.255. The van der Waals surface area contributed by atoms with E-state index in [9.17, 15) is 57.5 Å². The summed E-state index contributed by atoms with van der Waals surface area (Å²) >= 11 is 16.9. The fraction of sp³-hybridized carbons (Fsp3) is 0.706. The second kappa shape index (κ2) is 36.8. The normalized spacial score (nSPS) is 26.2. The van der Waals surface area contributed by atoms with Crippen molar-refractivity contribution >= 4 is 124 Å². The van der Waals surface area contributed by atoms with E-state index in [0.29, 0.717) is 0 Å². The van der Waals surface area contributed by atoms with Crippen molar-refractivity contribution < 1.29 is 129 Å². The minimum Gasteiger partial charge on any atom is -0.463 e. The Morgan fingerprint density at radius 3 is 0.693 bits per heavy atom. The largest absolute Gasteiger partial charge is 0.463 e. The highest BCUT2D eigenvalue weighted by Crippen LogP contribution is 2.31. The molecule has 0 unspecified atom stereocenters. The first-order valence-corrected chi connectivity index (χ1v) is 28.2. The molecule has 34 nitrogen and oxygen atoms in total. The molecule has 0 aromatic rings. The van der Waals surface area contributed by atoms with Gasteiger partial charge in [-0.25, -0.2) is 0 Å². The van der Waals surface area contributed by atoms with Gasteiger partial charge in [0.2, 0.25) is 0 Å². The number of nitrogens with one attached hydrogen (secondary N) is 6. The maximum Gasteiger partial charge on any atom is 0.303 e. The first-order chi connectivity index (χ1) is 41.2. The van der Waals surface area contributed by atoms with Crippen LogP contribution < -0.4 is 31.9 Å². The molecule has 3 aliphatic rings. The van der Waals surface area contributed by atoms with Crippen molar-refractivity contribution in [2.75, 3.05) is 59.1 Å². The van der Waals surface area contributed by atoms with Crippen LogP contribution in [0.2, 0.25) is 0 Å². The maximum absolute atomic E-state index is 12.5. The number of hydrogen-bond acceptors (Lipinski definition) is 31. The van der Waals surface area contributed by atoms with Gasteiger partial charge in [-0.1, -0.05) is 0 Å². The summed E-state index contributed by atoms with van der Waals surface area (Å²) in [6.45, 7) is 12.0. The standard InChI is InChI=1S/C51H75N7O27S3/c1-22(59)71-19-34-37(74-25(4)62)40(77-28(7)65)43(80-31(10)68)46(83-34)55-49(86)52-13-16-58(17-14-53-50(87)56-47-44(81-32(11)69)41(78-29(8)66)38(75-26(5)63)35(84-47)20-72-23(2)60)18-15-54-51(88)57-48-45(82-33(12)70)42(79-30(9)67)39(76-27(6)64)36(85-48)21-73-24(3)61/h34-48H,13-21H2,1-12H3,(H2,52,55,86)(H2,53,56,87)(H2,54,57,88)/t34-,35-,36-,37-,38-,39-,40+,41+,42+,43-,44-,45-,46-,47-,48-/m1/s1. The molecule has 6 N–H and O–H groups in total. The summed E-state index contributed by atoms with van der Waals surface area (Å²) in [5.41, 5.74) is 0. The van der Waals surface area contributed by atoms with Crippen molar-refractivity contribution in [3.63, 3.8) is 0 Å². The summed E-state index contributed by atoms with van der Waals surface area (Å²) in [7, 11) is 0. The molecule has 3 heterocycles. The summed E-state index contributed by atoms with van der Waals surface area (Å²) in [5, 5.41) is 17.3. The molecule has 88 heavy (non-hydrogen) atoms. The van der Waals surface area contributed by atoms with E-state index in [-0.39, 0.29) is 54.6 Å². The van der Waals surface area contributed by atoms with Crippen molar-refractivity contribution in [2.24, 2.45) is 0 Å². The molecule has 3 saturated heterocycles. The molecular weight excluding hydrogens is 1240 g/mol. The Balaban J connectivity index is 1.93. The van der Waals surface area contributed by atoms with Crippen molar-refractivity contribution in [3.05, 3.63) is 0 Å². The van der Waals surface area contributed by atoms with Gasteiger partial charge in [0.05, 0.1) is 0 Å². The van der Waals surface area contributed by atoms with Crippen molar-refractivity contribution in [2.45, 2.75) is 175 Å². The van der Waals surface area contributed by atoms with Gasteiger partial charge in [-0.3, -0.25) is 62.4 Å². The van der Waals surface area contributed by atoms with Crippen LogP contribution >= 0.6 is 36.7 Å². The summed E-state index contributed by atoms with van der Waals surface area (Å²) in [4.78, 5) is 149. The molecule has 0 aromatic heterocycles. The topological polar surface area (TPSA) is 419 Å². The summed E-state index contributed by atoms with van der Waals surface area (Å²) in [5.74, 6) is -9.81. The lowest BCUT2D eigenvalue weighted by atomic mass is 9.97. The van der Waals surface area contributed by atoms with E-state index in [4.69, 9.17) is 108 Å². The smallest absolute Gasteiger partial charge is 0.303 e. The zero-order valence-electron chi connectivity index (χ0n) is 50.2. The van der Waals surface area contributed by atoms with Crippen LogP contribution in [0.4, 0.5) is 0 Å². The number of ether oxygens (including phenoxy) is 15. The Kier molecular flexibility index (Phi) is 31.2. The van der Waals surface area contributed by atoms with Gasteiger partial charge in [-0.2, -0.15) is 0 Å². The first kappa shape index (κ1) is 74.8. The predicted molar refractivity (Wildman–Crippen MR) is 304 cm³/mol. The van der Waals surface area contributed by atoms with Gasteiger partial charge in [0.15, 0.2) is 89.0 Å². The van der Waals surface area contributed by atoms with Gasteiger partial charge in [-0.15, -0.1) is 0 Å². The number of rotatable bonds is 27. The molecule has 0 saturated carbocycles. The third-order valence-electron chi connectivity index (χ3n) is 11.9. The van der Waals surface area contributed by atoms with Gasteiger partial charge < -0.3 is 103 Å². The molecule has 15 atom stereocenters. The van der Waals surface area contributed by atoms with E-state index in [1.165, 1.54) is 0 Å². The van der Waals surface area contributed by atoms with Crippen LogP contribution in [0.1, 0.15) is 83.1 Å². The number of carbonyl (C=O) groups excluding carboxylic acids is 12. The van der Waals surface area contributed by atoms with E-state index in [2.05, 4.69) is 31.9 Å². The molecular formula is C51H75N7O27S3.